The molecule has 1 heterocycles. The molecule has 0 spiro atoms. The number of hydrogen-bond acceptors (Lipinski definition) is 2. The Morgan fingerprint density at radius 3 is 3.00 bits per heavy atom. The maximum absolute atomic E-state index is 11.4. The number of nitrogens with zero attached hydrogens (tertiary/aromatic N) is 1. The van der Waals surface area contributed by atoms with Gasteiger partial charge in [0.1, 0.15) is 0 Å². The largest absolute Gasteiger partial charge is 0.315 e. The fourth-order valence-corrected chi connectivity index (χ4v) is 2.18. The highest BCUT2D eigenvalue weighted by atomic mass is 16.1. The summed E-state index contributed by atoms with van der Waals surface area (Å²) in [6, 6.07) is 5.27. The van der Waals surface area contributed by atoms with Crippen molar-refractivity contribution in [3.05, 3.63) is 46.4 Å². The molecule has 0 amide bonds. The number of pyridine rings is 1. The van der Waals surface area contributed by atoms with Crippen LogP contribution in [0.1, 0.15) is 25.7 Å². The minimum atomic E-state index is 0.0767. The van der Waals surface area contributed by atoms with Crippen LogP contribution in [0.5, 0.6) is 0 Å². The predicted octanol–water partition coefficient (Wildman–Crippen LogP) is 1.94. The Morgan fingerprint density at radius 1 is 1.29 bits per heavy atom. The second-order valence-electron chi connectivity index (χ2n) is 4.49. The van der Waals surface area contributed by atoms with Gasteiger partial charge in [0, 0.05) is 25.4 Å². The summed E-state index contributed by atoms with van der Waals surface area (Å²) in [5.74, 6) is 0. The number of nitrogens with one attached hydrogen (secondary N) is 1. The molecule has 2 rings (SSSR count). The normalized spacial score (nSPS) is 14.9. The zero-order valence-corrected chi connectivity index (χ0v) is 10.2. The van der Waals surface area contributed by atoms with E-state index in [1.165, 1.54) is 19.3 Å². The van der Waals surface area contributed by atoms with E-state index >= 15 is 0 Å². The first-order chi connectivity index (χ1) is 8.36. The lowest BCUT2D eigenvalue weighted by molar-refractivity contribution is 0.583. The molecule has 0 fully saturated rings. The summed E-state index contributed by atoms with van der Waals surface area (Å²) >= 11 is 0. The zero-order valence-electron chi connectivity index (χ0n) is 10.2. The van der Waals surface area contributed by atoms with Gasteiger partial charge in [-0.2, -0.15) is 0 Å². The van der Waals surface area contributed by atoms with Crippen LogP contribution in [0.25, 0.3) is 0 Å². The summed E-state index contributed by atoms with van der Waals surface area (Å²) in [6.45, 7) is 2.63. The van der Waals surface area contributed by atoms with Gasteiger partial charge in [-0.1, -0.05) is 17.7 Å². The number of rotatable bonds is 6. The van der Waals surface area contributed by atoms with Gasteiger partial charge in [0.2, 0.25) is 0 Å². The van der Waals surface area contributed by atoms with E-state index in [0.29, 0.717) is 0 Å². The summed E-state index contributed by atoms with van der Waals surface area (Å²) in [7, 11) is 0. The van der Waals surface area contributed by atoms with Gasteiger partial charge in [-0.15, -0.1) is 0 Å². The lowest BCUT2D eigenvalue weighted by Crippen LogP contribution is -2.26. The van der Waals surface area contributed by atoms with E-state index in [1.807, 2.05) is 12.3 Å². The maximum Gasteiger partial charge on any atom is 0.250 e. The van der Waals surface area contributed by atoms with Crippen molar-refractivity contribution in [3.8, 4) is 0 Å². The van der Waals surface area contributed by atoms with Gasteiger partial charge in [-0.05, 0) is 38.3 Å². The summed E-state index contributed by atoms with van der Waals surface area (Å²) in [5, 5.41) is 3.39. The fourth-order valence-electron chi connectivity index (χ4n) is 2.18. The molecule has 1 aromatic heterocycles. The van der Waals surface area contributed by atoms with Gasteiger partial charge in [-0.25, -0.2) is 0 Å². The van der Waals surface area contributed by atoms with Crippen LogP contribution >= 0.6 is 0 Å². The third-order valence-corrected chi connectivity index (χ3v) is 3.19. The first-order valence-electron chi connectivity index (χ1n) is 6.40. The van der Waals surface area contributed by atoms with E-state index in [1.54, 1.807) is 22.3 Å². The SMILES string of the molecule is O=c1ccccn1CCNCCC1=CCCC1. The highest BCUT2D eigenvalue weighted by Crippen LogP contribution is 2.19. The molecule has 1 aliphatic rings. The van der Waals surface area contributed by atoms with Crippen molar-refractivity contribution >= 4 is 0 Å². The van der Waals surface area contributed by atoms with Crippen LogP contribution in [0.15, 0.2) is 40.8 Å². The topological polar surface area (TPSA) is 34.0 Å². The summed E-state index contributed by atoms with van der Waals surface area (Å²) in [6.07, 6.45) is 9.22. The molecule has 0 aliphatic heterocycles. The molecule has 0 bridgehead atoms. The fraction of sp³-hybridized carbons (Fsp3) is 0.500. The van der Waals surface area contributed by atoms with Crippen molar-refractivity contribution in [3.63, 3.8) is 0 Å². The van der Waals surface area contributed by atoms with E-state index in [9.17, 15) is 4.79 Å². The maximum atomic E-state index is 11.4. The average Bonchev–Trinajstić information content (AvgIpc) is 2.84. The molecule has 92 valence electrons. The van der Waals surface area contributed by atoms with Gasteiger partial charge < -0.3 is 9.88 Å². The van der Waals surface area contributed by atoms with E-state index in [4.69, 9.17) is 0 Å². The highest BCUT2D eigenvalue weighted by Gasteiger charge is 2.03. The Hall–Kier alpha value is -1.35. The monoisotopic (exact) mass is 232 g/mol. The minimum absolute atomic E-state index is 0.0767. The predicted molar refractivity (Wildman–Crippen MR) is 70.1 cm³/mol. The van der Waals surface area contributed by atoms with Crippen molar-refractivity contribution in [2.75, 3.05) is 13.1 Å². The van der Waals surface area contributed by atoms with Gasteiger partial charge in [0.25, 0.3) is 5.56 Å². The Bertz CT molecular complexity index is 434. The van der Waals surface area contributed by atoms with Crippen molar-refractivity contribution < 1.29 is 0 Å². The third-order valence-electron chi connectivity index (χ3n) is 3.19. The highest BCUT2D eigenvalue weighted by molar-refractivity contribution is 5.07. The van der Waals surface area contributed by atoms with E-state index in [0.717, 1.165) is 26.1 Å². The van der Waals surface area contributed by atoms with Crippen molar-refractivity contribution in [1.29, 1.82) is 0 Å². The quantitative estimate of drug-likeness (QED) is 0.601. The number of allylic oxidation sites excluding steroid dienone is 1. The van der Waals surface area contributed by atoms with Crippen LogP contribution in [-0.2, 0) is 6.54 Å². The van der Waals surface area contributed by atoms with E-state index < -0.39 is 0 Å². The molecular formula is C14H20N2O. The van der Waals surface area contributed by atoms with Crippen LogP contribution in [0.3, 0.4) is 0 Å². The molecule has 1 aliphatic carbocycles. The first-order valence-corrected chi connectivity index (χ1v) is 6.40. The standard InChI is InChI=1S/C14H20N2O/c17-14-7-3-4-11-16(14)12-10-15-9-8-13-5-1-2-6-13/h3-5,7,11,15H,1-2,6,8-10,12H2. The van der Waals surface area contributed by atoms with Gasteiger partial charge in [-0.3, -0.25) is 4.79 Å². The molecule has 1 N–H and O–H groups in total. The number of aromatic nitrogens is 1. The molecule has 1 aromatic rings. The second kappa shape index (κ2) is 6.40. The second-order valence-corrected chi connectivity index (χ2v) is 4.49. The summed E-state index contributed by atoms with van der Waals surface area (Å²) in [4.78, 5) is 11.4. The van der Waals surface area contributed by atoms with Gasteiger partial charge >= 0.3 is 0 Å². The van der Waals surface area contributed by atoms with Crippen LogP contribution in [0.4, 0.5) is 0 Å². The van der Waals surface area contributed by atoms with Crippen LogP contribution in [0.2, 0.25) is 0 Å². The minimum Gasteiger partial charge on any atom is -0.315 e. The van der Waals surface area contributed by atoms with Gasteiger partial charge in [0.05, 0.1) is 0 Å². The Balaban J connectivity index is 1.63. The first kappa shape index (κ1) is 12.1. The summed E-state index contributed by atoms with van der Waals surface area (Å²) in [5.41, 5.74) is 1.67. The third kappa shape index (κ3) is 3.86. The molecule has 0 saturated carbocycles. The van der Waals surface area contributed by atoms with Crippen molar-refractivity contribution in [2.45, 2.75) is 32.2 Å². The molecule has 17 heavy (non-hydrogen) atoms. The molecule has 0 atom stereocenters. The van der Waals surface area contributed by atoms with E-state index in [-0.39, 0.29) is 5.56 Å². The Labute approximate surface area is 102 Å². The molecule has 0 radical (unpaired) electrons. The molecule has 0 saturated heterocycles. The van der Waals surface area contributed by atoms with Crippen LogP contribution < -0.4 is 10.9 Å². The van der Waals surface area contributed by atoms with Gasteiger partial charge in [0.15, 0.2) is 0 Å². The molecule has 0 unspecified atom stereocenters. The average molecular weight is 232 g/mol. The lowest BCUT2D eigenvalue weighted by atomic mass is 10.2. The van der Waals surface area contributed by atoms with Crippen molar-refractivity contribution in [1.82, 2.24) is 9.88 Å². The summed E-state index contributed by atoms with van der Waals surface area (Å²) < 4.78 is 1.74. The molecule has 0 aromatic carbocycles. The smallest absolute Gasteiger partial charge is 0.250 e. The lowest BCUT2D eigenvalue weighted by Gasteiger charge is -2.07. The molecular weight excluding hydrogens is 212 g/mol. The van der Waals surface area contributed by atoms with Crippen LogP contribution in [-0.4, -0.2) is 17.7 Å². The Morgan fingerprint density at radius 2 is 2.24 bits per heavy atom. The van der Waals surface area contributed by atoms with Crippen LogP contribution in [0, 0.1) is 0 Å². The van der Waals surface area contributed by atoms with E-state index in [2.05, 4.69) is 11.4 Å². The Kier molecular flexibility index (Phi) is 4.56. The van der Waals surface area contributed by atoms with Crippen molar-refractivity contribution in [2.24, 2.45) is 0 Å². The molecule has 3 heteroatoms. The number of hydrogen-bond donors (Lipinski definition) is 1. The molecule has 3 nitrogen and oxygen atoms in total. The zero-order chi connectivity index (χ0) is 11.9.